The first-order chi connectivity index (χ1) is 14.1. The molecule has 156 valence electrons. The SMILES string of the molecule is COc1cc(OC)c(C(=O)NC(C)c2ccc(N3CCOCC3)cc2)cc1OC. The van der Waals surface area contributed by atoms with Crippen molar-refractivity contribution >= 4 is 11.6 Å². The van der Waals surface area contributed by atoms with Crippen molar-refractivity contribution in [2.24, 2.45) is 0 Å². The Morgan fingerprint density at radius 3 is 2.14 bits per heavy atom. The van der Waals surface area contributed by atoms with Crippen molar-refractivity contribution in [3.63, 3.8) is 0 Å². The van der Waals surface area contributed by atoms with Gasteiger partial charge in [0.05, 0.1) is 46.1 Å². The van der Waals surface area contributed by atoms with Crippen LogP contribution in [0, 0.1) is 0 Å². The van der Waals surface area contributed by atoms with Crippen LogP contribution in [0.25, 0.3) is 0 Å². The van der Waals surface area contributed by atoms with Crippen LogP contribution in [-0.4, -0.2) is 53.5 Å². The van der Waals surface area contributed by atoms with E-state index in [1.807, 2.05) is 19.1 Å². The molecule has 1 saturated heterocycles. The molecular weight excluding hydrogens is 372 g/mol. The first-order valence-electron chi connectivity index (χ1n) is 9.61. The molecule has 0 radical (unpaired) electrons. The van der Waals surface area contributed by atoms with Crippen molar-refractivity contribution < 1.29 is 23.7 Å². The Kier molecular flexibility index (Phi) is 6.82. The summed E-state index contributed by atoms with van der Waals surface area (Å²) in [5, 5.41) is 3.03. The van der Waals surface area contributed by atoms with Gasteiger partial charge in [0.1, 0.15) is 5.75 Å². The van der Waals surface area contributed by atoms with Gasteiger partial charge in [0.15, 0.2) is 11.5 Å². The van der Waals surface area contributed by atoms with Crippen molar-refractivity contribution in [2.45, 2.75) is 13.0 Å². The zero-order chi connectivity index (χ0) is 20.8. The van der Waals surface area contributed by atoms with E-state index in [9.17, 15) is 4.79 Å². The summed E-state index contributed by atoms with van der Waals surface area (Å²) in [7, 11) is 4.59. The Hall–Kier alpha value is -2.93. The number of nitrogens with one attached hydrogen (secondary N) is 1. The first-order valence-corrected chi connectivity index (χ1v) is 9.61. The molecule has 1 heterocycles. The van der Waals surface area contributed by atoms with Crippen LogP contribution < -0.4 is 24.4 Å². The molecule has 1 unspecified atom stereocenters. The average molecular weight is 400 g/mol. The molecule has 7 nitrogen and oxygen atoms in total. The van der Waals surface area contributed by atoms with E-state index in [0.29, 0.717) is 22.8 Å². The lowest BCUT2D eigenvalue weighted by Gasteiger charge is -2.29. The van der Waals surface area contributed by atoms with Crippen LogP contribution >= 0.6 is 0 Å². The van der Waals surface area contributed by atoms with Crippen LogP contribution in [0.4, 0.5) is 5.69 Å². The summed E-state index contributed by atoms with van der Waals surface area (Å²) in [6.45, 7) is 5.24. The number of benzene rings is 2. The van der Waals surface area contributed by atoms with E-state index in [4.69, 9.17) is 18.9 Å². The lowest BCUT2D eigenvalue weighted by atomic mass is 10.1. The number of methoxy groups -OCH3 is 3. The van der Waals surface area contributed by atoms with Gasteiger partial charge in [-0.25, -0.2) is 0 Å². The van der Waals surface area contributed by atoms with Gasteiger partial charge in [-0.05, 0) is 24.6 Å². The number of nitrogens with zero attached hydrogens (tertiary/aromatic N) is 1. The number of rotatable bonds is 7. The van der Waals surface area contributed by atoms with E-state index in [1.54, 1.807) is 19.2 Å². The van der Waals surface area contributed by atoms with Gasteiger partial charge < -0.3 is 29.2 Å². The summed E-state index contributed by atoms with van der Waals surface area (Å²) in [6.07, 6.45) is 0. The molecule has 0 bridgehead atoms. The van der Waals surface area contributed by atoms with Crippen molar-refractivity contribution in [1.82, 2.24) is 5.32 Å². The number of carbonyl (C=O) groups excluding carboxylic acids is 1. The minimum Gasteiger partial charge on any atom is -0.496 e. The summed E-state index contributed by atoms with van der Waals surface area (Å²) in [4.78, 5) is 15.2. The highest BCUT2D eigenvalue weighted by molar-refractivity contribution is 5.98. The summed E-state index contributed by atoms with van der Waals surface area (Å²) in [6, 6.07) is 11.4. The Morgan fingerprint density at radius 2 is 1.55 bits per heavy atom. The van der Waals surface area contributed by atoms with Gasteiger partial charge in [-0.3, -0.25) is 4.79 Å². The second kappa shape index (κ2) is 9.52. The Bertz CT molecular complexity index is 832. The number of hydrogen-bond acceptors (Lipinski definition) is 6. The molecule has 2 aromatic rings. The van der Waals surface area contributed by atoms with Crippen molar-refractivity contribution in [2.75, 3.05) is 52.5 Å². The zero-order valence-electron chi connectivity index (χ0n) is 17.4. The highest BCUT2D eigenvalue weighted by Gasteiger charge is 2.20. The maximum atomic E-state index is 12.9. The summed E-state index contributed by atoms with van der Waals surface area (Å²) in [5.41, 5.74) is 2.58. The van der Waals surface area contributed by atoms with E-state index < -0.39 is 0 Å². The smallest absolute Gasteiger partial charge is 0.255 e. The lowest BCUT2D eigenvalue weighted by molar-refractivity contribution is 0.0936. The predicted octanol–water partition coefficient (Wildman–Crippen LogP) is 3.04. The molecule has 2 aromatic carbocycles. The molecular formula is C22H28N2O5. The quantitative estimate of drug-likeness (QED) is 0.771. The van der Waals surface area contributed by atoms with E-state index in [-0.39, 0.29) is 11.9 Å². The Labute approximate surface area is 171 Å². The molecule has 1 aliphatic rings. The molecule has 1 N–H and O–H groups in total. The molecule has 0 saturated carbocycles. The number of amides is 1. The standard InChI is InChI=1S/C22H28N2O5/c1-15(16-5-7-17(8-6-16)24-9-11-29-12-10-24)23-22(25)18-13-20(27-3)21(28-4)14-19(18)26-2/h5-8,13-15H,9-12H2,1-4H3,(H,23,25). The predicted molar refractivity (Wildman–Crippen MR) is 111 cm³/mol. The number of morpholine rings is 1. The van der Waals surface area contributed by atoms with Crippen LogP contribution in [0.3, 0.4) is 0 Å². The number of anilines is 1. The molecule has 7 heteroatoms. The fourth-order valence-corrected chi connectivity index (χ4v) is 3.36. The number of carbonyl (C=O) groups is 1. The highest BCUT2D eigenvalue weighted by Crippen LogP contribution is 2.34. The van der Waals surface area contributed by atoms with Gasteiger partial charge in [0, 0.05) is 30.9 Å². The van der Waals surface area contributed by atoms with E-state index in [1.165, 1.54) is 14.2 Å². The van der Waals surface area contributed by atoms with Gasteiger partial charge in [0.2, 0.25) is 0 Å². The van der Waals surface area contributed by atoms with Gasteiger partial charge in [-0.1, -0.05) is 12.1 Å². The molecule has 3 rings (SSSR count). The van der Waals surface area contributed by atoms with E-state index >= 15 is 0 Å². The summed E-state index contributed by atoms with van der Waals surface area (Å²) >= 11 is 0. The molecule has 1 atom stereocenters. The van der Waals surface area contributed by atoms with Crippen molar-refractivity contribution in [3.05, 3.63) is 47.5 Å². The van der Waals surface area contributed by atoms with E-state index in [2.05, 4.69) is 22.3 Å². The van der Waals surface area contributed by atoms with Crippen LogP contribution in [0.2, 0.25) is 0 Å². The van der Waals surface area contributed by atoms with E-state index in [0.717, 1.165) is 37.6 Å². The summed E-state index contributed by atoms with van der Waals surface area (Å²) in [5.74, 6) is 1.16. The van der Waals surface area contributed by atoms with Crippen LogP contribution in [0.1, 0.15) is 28.9 Å². The van der Waals surface area contributed by atoms with Crippen molar-refractivity contribution in [3.8, 4) is 17.2 Å². The van der Waals surface area contributed by atoms with Gasteiger partial charge in [0.25, 0.3) is 5.91 Å². The molecule has 29 heavy (non-hydrogen) atoms. The maximum Gasteiger partial charge on any atom is 0.255 e. The third kappa shape index (κ3) is 4.74. The minimum atomic E-state index is -0.243. The molecule has 1 aliphatic heterocycles. The Morgan fingerprint density at radius 1 is 0.966 bits per heavy atom. The largest absolute Gasteiger partial charge is 0.496 e. The van der Waals surface area contributed by atoms with Crippen molar-refractivity contribution in [1.29, 1.82) is 0 Å². The number of hydrogen-bond donors (Lipinski definition) is 1. The van der Waals surface area contributed by atoms with Gasteiger partial charge >= 0.3 is 0 Å². The third-order valence-corrected chi connectivity index (χ3v) is 5.07. The van der Waals surface area contributed by atoms with Gasteiger partial charge in [-0.15, -0.1) is 0 Å². The maximum absolute atomic E-state index is 12.9. The Balaban J connectivity index is 1.73. The van der Waals surface area contributed by atoms with Crippen LogP contribution in [0.5, 0.6) is 17.2 Å². The molecule has 0 aliphatic carbocycles. The second-order valence-electron chi connectivity index (χ2n) is 6.79. The fourth-order valence-electron chi connectivity index (χ4n) is 3.36. The highest BCUT2D eigenvalue weighted by atomic mass is 16.5. The normalized spacial score (nSPS) is 14.8. The summed E-state index contributed by atoms with van der Waals surface area (Å²) < 4.78 is 21.4. The molecule has 1 amide bonds. The molecule has 0 aromatic heterocycles. The fraction of sp³-hybridized carbons (Fsp3) is 0.409. The minimum absolute atomic E-state index is 0.168. The average Bonchev–Trinajstić information content (AvgIpc) is 2.78. The van der Waals surface area contributed by atoms with Crippen LogP contribution in [0.15, 0.2) is 36.4 Å². The topological polar surface area (TPSA) is 69.3 Å². The van der Waals surface area contributed by atoms with Crippen LogP contribution in [-0.2, 0) is 4.74 Å². The number of ether oxygens (including phenoxy) is 4. The van der Waals surface area contributed by atoms with Gasteiger partial charge in [-0.2, -0.15) is 0 Å². The lowest BCUT2D eigenvalue weighted by Crippen LogP contribution is -2.36. The third-order valence-electron chi connectivity index (χ3n) is 5.07. The zero-order valence-corrected chi connectivity index (χ0v) is 17.4. The molecule has 0 spiro atoms. The monoisotopic (exact) mass is 400 g/mol. The first kappa shape index (κ1) is 20.8. The second-order valence-corrected chi connectivity index (χ2v) is 6.79. The molecule has 1 fully saturated rings.